The minimum absolute atomic E-state index is 0.0758. The lowest BCUT2D eigenvalue weighted by atomic mass is 10.1. The zero-order valence-electron chi connectivity index (χ0n) is 18.6. The van der Waals surface area contributed by atoms with Crippen molar-refractivity contribution >= 4 is 23.9 Å². The molecule has 11 heteroatoms. The summed E-state index contributed by atoms with van der Waals surface area (Å²) < 4.78 is 26.6. The topological polar surface area (TPSA) is 133 Å². The summed E-state index contributed by atoms with van der Waals surface area (Å²) in [4.78, 5) is 33.4. The van der Waals surface area contributed by atoms with Gasteiger partial charge in [-0.2, -0.15) is 0 Å². The normalized spacial score (nSPS) is 10.4. The first-order chi connectivity index (χ1) is 15.6. The third kappa shape index (κ3) is 12.8. The second kappa shape index (κ2) is 17.9. The quantitative estimate of drug-likeness (QED) is 0.199. The van der Waals surface area contributed by atoms with E-state index in [0.29, 0.717) is 89.4 Å². The van der Waals surface area contributed by atoms with Crippen LogP contribution in [-0.4, -0.2) is 91.3 Å². The summed E-state index contributed by atoms with van der Waals surface area (Å²) in [6.07, 6.45) is 0.543. The molecule has 0 saturated heterocycles. The molecule has 0 aliphatic heterocycles. The van der Waals surface area contributed by atoms with Crippen LogP contribution in [-0.2, 0) is 28.5 Å². The molecule has 32 heavy (non-hydrogen) atoms. The fourth-order valence-electron chi connectivity index (χ4n) is 2.42. The molecular formula is C21H33N3O8. The van der Waals surface area contributed by atoms with Crippen LogP contribution in [0.1, 0.15) is 17.3 Å². The zero-order valence-corrected chi connectivity index (χ0v) is 18.6. The van der Waals surface area contributed by atoms with Crippen LogP contribution >= 0.6 is 0 Å². The van der Waals surface area contributed by atoms with Crippen molar-refractivity contribution in [3.8, 4) is 5.75 Å². The maximum absolute atomic E-state index is 12.2. The van der Waals surface area contributed by atoms with Gasteiger partial charge in [0.15, 0.2) is 0 Å². The van der Waals surface area contributed by atoms with Crippen LogP contribution < -0.4 is 20.7 Å². The smallest absolute Gasteiger partial charge is 0.251 e. The van der Waals surface area contributed by atoms with Crippen molar-refractivity contribution in [3.63, 3.8) is 0 Å². The molecular weight excluding hydrogens is 422 g/mol. The largest absolute Gasteiger partial charge is 0.495 e. The molecule has 1 aromatic rings. The molecule has 0 atom stereocenters. The number of benzene rings is 1. The molecule has 0 heterocycles. The second-order valence-electron chi connectivity index (χ2n) is 6.37. The van der Waals surface area contributed by atoms with E-state index in [-0.39, 0.29) is 11.8 Å². The lowest BCUT2D eigenvalue weighted by Crippen LogP contribution is -2.27. The molecule has 1 rings (SSSR count). The van der Waals surface area contributed by atoms with Gasteiger partial charge in [0.05, 0.1) is 65.7 Å². The van der Waals surface area contributed by atoms with Gasteiger partial charge in [-0.05, 0) is 18.2 Å². The van der Waals surface area contributed by atoms with E-state index in [1.54, 1.807) is 18.2 Å². The Morgan fingerprint density at radius 1 is 0.844 bits per heavy atom. The molecule has 11 nitrogen and oxygen atoms in total. The van der Waals surface area contributed by atoms with Crippen LogP contribution in [0.3, 0.4) is 0 Å². The molecule has 1 aromatic carbocycles. The first-order valence-electron chi connectivity index (χ1n) is 10.3. The first kappa shape index (κ1) is 27.3. The Morgan fingerprint density at radius 2 is 1.38 bits per heavy atom. The van der Waals surface area contributed by atoms with Crippen molar-refractivity contribution in [1.29, 1.82) is 0 Å². The average molecular weight is 456 g/mol. The number of ether oxygens (including phenoxy) is 5. The van der Waals surface area contributed by atoms with Crippen LogP contribution in [0.2, 0.25) is 0 Å². The summed E-state index contributed by atoms with van der Waals surface area (Å²) in [5, 5.41) is 7.89. The van der Waals surface area contributed by atoms with Gasteiger partial charge in [0, 0.05) is 25.6 Å². The molecule has 3 N–H and O–H groups in total. The van der Waals surface area contributed by atoms with Crippen molar-refractivity contribution in [1.82, 2.24) is 10.6 Å². The minimum Gasteiger partial charge on any atom is -0.495 e. The number of anilines is 1. The minimum atomic E-state index is -0.267. The number of carbonyl (C=O) groups is 3. The Balaban J connectivity index is 1.96. The maximum atomic E-state index is 12.2. The van der Waals surface area contributed by atoms with Crippen molar-refractivity contribution in [2.24, 2.45) is 0 Å². The van der Waals surface area contributed by atoms with Gasteiger partial charge in [-0.25, -0.2) is 0 Å². The zero-order chi connectivity index (χ0) is 23.4. The van der Waals surface area contributed by atoms with E-state index in [1.807, 2.05) is 0 Å². The highest BCUT2D eigenvalue weighted by Crippen LogP contribution is 2.24. The van der Waals surface area contributed by atoms with E-state index in [1.165, 1.54) is 14.0 Å². The van der Waals surface area contributed by atoms with Crippen molar-refractivity contribution in [3.05, 3.63) is 23.8 Å². The highest BCUT2D eigenvalue weighted by molar-refractivity contribution is 5.95. The fourth-order valence-corrected chi connectivity index (χ4v) is 2.42. The number of hydrogen-bond donors (Lipinski definition) is 3. The maximum Gasteiger partial charge on any atom is 0.251 e. The molecule has 0 aliphatic carbocycles. The lowest BCUT2D eigenvalue weighted by Gasteiger charge is -2.10. The van der Waals surface area contributed by atoms with E-state index in [4.69, 9.17) is 23.7 Å². The standard InChI is InChI=1S/C21H33N3O8/c1-17(26)22-5-7-29-9-11-31-13-14-32-12-10-30-8-6-23-21(27)18-3-4-19(24-16-25)20(15-18)28-2/h3-4,15-16H,5-14H2,1-2H3,(H,22,26)(H,23,27)(H,24,25). The van der Waals surface area contributed by atoms with Gasteiger partial charge in [0.1, 0.15) is 5.75 Å². The molecule has 0 bridgehead atoms. The number of nitrogens with one attached hydrogen (secondary N) is 3. The first-order valence-corrected chi connectivity index (χ1v) is 10.3. The van der Waals surface area contributed by atoms with Gasteiger partial charge in [0.25, 0.3) is 5.91 Å². The summed E-state index contributed by atoms with van der Waals surface area (Å²) in [6, 6.07) is 4.75. The second-order valence-corrected chi connectivity index (χ2v) is 6.37. The van der Waals surface area contributed by atoms with E-state index in [0.717, 1.165) is 0 Å². The van der Waals surface area contributed by atoms with Crippen LogP contribution in [0, 0.1) is 0 Å². The molecule has 0 saturated carbocycles. The Kier molecular flexibility index (Phi) is 15.3. The molecule has 0 fully saturated rings. The predicted octanol–water partition coefficient (Wildman–Crippen LogP) is 0.196. The SMILES string of the molecule is COc1cc(C(=O)NCCOCCOCCOCCOCCNC(C)=O)ccc1NC=O. The lowest BCUT2D eigenvalue weighted by molar-refractivity contribution is -0.119. The summed E-state index contributed by atoms with van der Waals surface area (Å²) in [5.74, 6) is 0.0572. The monoisotopic (exact) mass is 455 g/mol. The predicted molar refractivity (Wildman–Crippen MR) is 117 cm³/mol. The van der Waals surface area contributed by atoms with E-state index in [2.05, 4.69) is 16.0 Å². The summed E-state index contributed by atoms with van der Waals surface area (Å²) >= 11 is 0. The number of hydrogen-bond acceptors (Lipinski definition) is 8. The van der Waals surface area contributed by atoms with Crippen molar-refractivity contribution in [2.75, 3.05) is 78.4 Å². The Morgan fingerprint density at radius 3 is 1.88 bits per heavy atom. The molecule has 0 spiro atoms. The van der Waals surface area contributed by atoms with Crippen molar-refractivity contribution < 1.29 is 38.1 Å². The summed E-state index contributed by atoms with van der Waals surface area (Å²) in [5.41, 5.74) is 0.902. The number of carbonyl (C=O) groups excluding carboxylic acids is 3. The Bertz CT molecular complexity index is 687. The molecule has 0 aliphatic rings. The van der Waals surface area contributed by atoms with Gasteiger partial charge < -0.3 is 39.6 Å². The van der Waals surface area contributed by atoms with Crippen molar-refractivity contribution in [2.45, 2.75) is 6.92 Å². The molecule has 3 amide bonds. The Hall–Kier alpha value is -2.73. The number of rotatable bonds is 19. The third-order valence-corrected chi connectivity index (χ3v) is 3.95. The Labute approximate surface area is 188 Å². The molecule has 0 aromatic heterocycles. The van der Waals surface area contributed by atoms with Crippen LogP contribution in [0.4, 0.5) is 5.69 Å². The summed E-state index contributed by atoms with van der Waals surface area (Å²) in [6.45, 7) is 5.75. The molecule has 0 unspecified atom stereocenters. The van der Waals surface area contributed by atoms with E-state index >= 15 is 0 Å². The van der Waals surface area contributed by atoms with Gasteiger partial charge in [-0.3, -0.25) is 14.4 Å². The van der Waals surface area contributed by atoms with Gasteiger partial charge in [0.2, 0.25) is 12.3 Å². The average Bonchev–Trinajstić information content (AvgIpc) is 2.78. The van der Waals surface area contributed by atoms with Gasteiger partial charge in [-0.1, -0.05) is 0 Å². The number of amides is 3. The van der Waals surface area contributed by atoms with E-state index < -0.39 is 0 Å². The summed E-state index contributed by atoms with van der Waals surface area (Å²) in [7, 11) is 1.46. The van der Waals surface area contributed by atoms with Gasteiger partial charge in [-0.15, -0.1) is 0 Å². The molecule has 180 valence electrons. The van der Waals surface area contributed by atoms with Crippen LogP contribution in [0.5, 0.6) is 5.75 Å². The highest BCUT2D eigenvalue weighted by Gasteiger charge is 2.09. The van der Waals surface area contributed by atoms with Gasteiger partial charge >= 0.3 is 0 Å². The van der Waals surface area contributed by atoms with Crippen LogP contribution in [0.25, 0.3) is 0 Å². The number of methoxy groups -OCH3 is 1. The van der Waals surface area contributed by atoms with E-state index in [9.17, 15) is 14.4 Å². The molecule has 0 radical (unpaired) electrons. The third-order valence-electron chi connectivity index (χ3n) is 3.95. The highest BCUT2D eigenvalue weighted by atomic mass is 16.6. The fraction of sp³-hybridized carbons (Fsp3) is 0.571. The van der Waals surface area contributed by atoms with Crippen LogP contribution in [0.15, 0.2) is 18.2 Å².